The van der Waals surface area contributed by atoms with Crippen LogP contribution in [0.4, 0.5) is 0 Å². The minimum Gasteiger partial charge on any atom is -0.439 e. The summed E-state index contributed by atoms with van der Waals surface area (Å²) in [5.74, 6) is 1.45. The SMILES string of the molecule is Cc1ccc(Br)cc1Oc1ccc(CNC(C)C)c(C)n1. The van der Waals surface area contributed by atoms with Crippen molar-refractivity contribution in [2.75, 3.05) is 0 Å². The molecule has 0 spiro atoms. The predicted molar refractivity (Wildman–Crippen MR) is 89.9 cm³/mol. The van der Waals surface area contributed by atoms with E-state index in [0.717, 1.165) is 28.0 Å². The van der Waals surface area contributed by atoms with Gasteiger partial charge in [-0.2, -0.15) is 0 Å². The molecular weight excluding hydrogens is 328 g/mol. The number of hydrogen-bond acceptors (Lipinski definition) is 3. The summed E-state index contributed by atoms with van der Waals surface area (Å²) in [5.41, 5.74) is 3.28. The fourth-order valence-corrected chi connectivity index (χ4v) is 2.26. The molecule has 0 fully saturated rings. The Labute approximate surface area is 134 Å². The van der Waals surface area contributed by atoms with Gasteiger partial charge in [-0.25, -0.2) is 4.98 Å². The van der Waals surface area contributed by atoms with Crippen LogP contribution in [-0.4, -0.2) is 11.0 Å². The van der Waals surface area contributed by atoms with Gasteiger partial charge in [0.05, 0.1) is 0 Å². The second-order valence-electron chi connectivity index (χ2n) is 5.44. The lowest BCUT2D eigenvalue weighted by Gasteiger charge is -2.12. The highest BCUT2D eigenvalue weighted by Crippen LogP contribution is 2.27. The van der Waals surface area contributed by atoms with Gasteiger partial charge in [-0.3, -0.25) is 0 Å². The molecule has 0 saturated heterocycles. The summed E-state index contributed by atoms with van der Waals surface area (Å²) in [7, 11) is 0. The van der Waals surface area contributed by atoms with E-state index in [0.29, 0.717) is 11.9 Å². The molecular formula is C17H21BrN2O. The van der Waals surface area contributed by atoms with Gasteiger partial charge in [0.15, 0.2) is 0 Å². The molecule has 1 heterocycles. The third-order valence-corrected chi connectivity index (χ3v) is 3.73. The summed E-state index contributed by atoms with van der Waals surface area (Å²) in [5, 5.41) is 3.40. The average Bonchev–Trinajstić information content (AvgIpc) is 2.42. The molecule has 0 amide bonds. The first-order chi connectivity index (χ1) is 9.95. The summed E-state index contributed by atoms with van der Waals surface area (Å²) in [6.07, 6.45) is 0. The Morgan fingerprint density at radius 2 is 1.95 bits per heavy atom. The lowest BCUT2D eigenvalue weighted by Crippen LogP contribution is -2.22. The Hall–Kier alpha value is -1.39. The number of benzene rings is 1. The maximum Gasteiger partial charge on any atom is 0.219 e. The van der Waals surface area contributed by atoms with Crippen LogP contribution >= 0.6 is 15.9 Å². The second-order valence-corrected chi connectivity index (χ2v) is 6.36. The molecule has 1 aromatic carbocycles. The summed E-state index contributed by atoms with van der Waals surface area (Å²) < 4.78 is 6.89. The van der Waals surface area contributed by atoms with Gasteiger partial charge in [0.1, 0.15) is 5.75 Å². The normalized spacial score (nSPS) is 11.0. The fourth-order valence-electron chi connectivity index (χ4n) is 1.92. The van der Waals surface area contributed by atoms with Gasteiger partial charge in [-0.05, 0) is 37.1 Å². The molecule has 1 aromatic heterocycles. The van der Waals surface area contributed by atoms with Crippen LogP contribution in [0.15, 0.2) is 34.8 Å². The van der Waals surface area contributed by atoms with E-state index in [-0.39, 0.29) is 0 Å². The quantitative estimate of drug-likeness (QED) is 0.846. The molecule has 0 saturated carbocycles. The van der Waals surface area contributed by atoms with Gasteiger partial charge in [0, 0.05) is 28.8 Å². The number of pyridine rings is 1. The first-order valence-electron chi connectivity index (χ1n) is 7.09. The minimum atomic E-state index is 0.463. The number of nitrogens with one attached hydrogen (secondary N) is 1. The van der Waals surface area contributed by atoms with E-state index < -0.39 is 0 Å². The van der Waals surface area contributed by atoms with Crippen LogP contribution in [0.3, 0.4) is 0 Å². The molecule has 4 heteroatoms. The van der Waals surface area contributed by atoms with Crippen molar-refractivity contribution in [1.29, 1.82) is 0 Å². The zero-order chi connectivity index (χ0) is 15.4. The Morgan fingerprint density at radius 3 is 2.62 bits per heavy atom. The second kappa shape index (κ2) is 7.05. The van der Waals surface area contributed by atoms with Crippen LogP contribution in [0.1, 0.15) is 30.7 Å². The van der Waals surface area contributed by atoms with Crippen molar-refractivity contribution in [1.82, 2.24) is 10.3 Å². The summed E-state index contributed by atoms with van der Waals surface area (Å²) >= 11 is 3.46. The van der Waals surface area contributed by atoms with Crippen LogP contribution in [0.5, 0.6) is 11.6 Å². The van der Waals surface area contributed by atoms with Crippen LogP contribution < -0.4 is 10.1 Å². The monoisotopic (exact) mass is 348 g/mol. The lowest BCUT2D eigenvalue weighted by atomic mass is 10.2. The van der Waals surface area contributed by atoms with Crippen LogP contribution in [0, 0.1) is 13.8 Å². The zero-order valence-electron chi connectivity index (χ0n) is 12.9. The van der Waals surface area contributed by atoms with Crippen LogP contribution in [0.25, 0.3) is 0 Å². The van der Waals surface area contributed by atoms with E-state index >= 15 is 0 Å². The van der Waals surface area contributed by atoms with Crippen molar-refractivity contribution in [3.63, 3.8) is 0 Å². The molecule has 0 aliphatic rings. The number of nitrogens with zero attached hydrogens (tertiary/aromatic N) is 1. The number of aryl methyl sites for hydroxylation is 2. The molecule has 21 heavy (non-hydrogen) atoms. The Morgan fingerprint density at radius 1 is 1.19 bits per heavy atom. The van der Waals surface area contributed by atoms with E-state index in [4.69, 9.17) is 4.74 Å². The van der Waals surface area contributed by atoms with Gasteiger partial charge in [0.2, 0.25) is 5.88 Å². The Balaban J connectivity index is 2.14. The highest BCUT2D eigenvalue weighted by molar-refractivity contribution is 9.10. The van der Waals surface area contributed by atoms with Crippen molar-refractivity contribution in [2.24, 2.45) is 0 Å². The van der Waals surface area contributed by atoms with Gasteiger partial charge in [0.25, 0.3) is 0 Å². The molecule has 0 atom stereocenters. The first kappa shape index (κ1) is 16.0. The standard InChI is InChI=1S/C17H21BrN2O/c1-11(2)19-10-14-6-8-17(20-13(14)4)21-16-9-15(18)7-5-12(16)3/h5-9,11,19H,10H2,1-4H3. The van der Waals surface area contributed by atoms with Crippen molar-refractivity contribution in [2.45, 2.75) is 40.3 Å². The van der Waals surface area contributed by atoms with Crippen molar-refractivity contribution in [3.05, 3.63) is 51.6 Å². The zero-order valence-corrected chi connectivity index (χ0v) is 14.5. The maximum atomic E-state index is 5.89. The predicted octanol–water partition coefficient (Wildman–Crippen LogP) is 4.75. The third-order valence-electron chi connectivity index (χ3n) is 3.24. The molecule has 2 aromatic rings. The highest BCUT2D eigenvalue weighted by atomic mass is 79.9. The van der Waals surface area contributed by atoms with Gasteiger partial charge in [-0.1, -0.05) is 41.9 Å². The highest BCUT2D eigenvalue weighted by Gasteiger charge is 2.06. The maximum absolute atomic E-state index is 5.89. The van der Waals surface area contributed by atoms with Crippen molar-refractivity contribution < 1.29 is 4.74 Å². The molecule has 3 nitrogen and oxygen atoms in total. The van der Waals surface area contributed by atoms with E-state index in [9.17, 15) is 0 Å². The van der Waals surface area contributed by atoms with Gasteiger partial charge < -0.3 is 10.1 Å². The summed E-state index contributed by atoms with van der Waals surface area (Å²) in [4.78, 5) is 4.54. The summed E-state index contributed by atoms with van der Waals surface area (Å²) in [6.45, 7) is 9.13. The van der Waals surface area contributed by atoms with Crippen LogP contribution in [-0.2, 0) is 6.54 Å². The molecule has 0 bridgehead atoms. The molecule has 1 N–H and O–H groups in total. The van der Waals surface area contributed by atoms with E-state index in [2.05, 4.69) is 46.1 Å². The van der Waals surface area contributed by atoms with E-state index in [1.807, 2.05) is 38.1 Å². The summed E-state index contributed by atoms with van der Waals surface area (Å²) in [6, 6.07) is 10.4. The molecule has 0 unspecified atom stereocenters. The fraction of sp³-hybridized carbons (Fsp3) is 0.353. The topological polar surface area (TPSA) is 34.1 Å². The van der Waals surface area contributed by atoms with Crippen molar-refractivity contribution in [3.8, 4) is 11.6 Å². The van der Waals surface area contributed by atoms with Gasteiger partial charge in [-0.15, -0.1) is 0 Å². The van der Waals surface area contributed by atoms with E-state index in [1.54, 1.807) is 0 Å². The number of hydrogen-bond donors (Lipinski definition) is 1. The van der Waals surface area contributed by atoms with Gasteiger partial charge >= 0.3 is 0 Å². The smallest absolute Gasteiger partial charge is 0.219 e. The molecule has 2 rings (SSSR count). The third kappa shape index (κ3) is 4.55. The number of halogens is 1. The van der Waals surface area contributed by atoms with Crippen molar-refractivity contribution >= 4 is 15.9 Å². The lowest BCUT2D eigenvalue weighted by molar-refractivity contribution is 0.457. The Bertz CT molecular complexity index is 626. The molecule has 112 valence electrons. The molecule has 0 aliphatic carbocycles. The van der Waals surface area contributed by atoms with E-state index in [1.165, 1.54) is 5.56 Å². The average molecular weight is 349 g/mol. The first-order valence-corrected chi connectivity index (χ1v) is 7.89. The minimum absolute atomic E-state index is 0.463. The molecule has 0 radical (unpaired) electrons. The molecule has 0 aliphatic heterocycles. The largest absolute Gasteiger partial charge is 0.439 e. The number of rotatable bonds is 5. The number of aromatic nitrogens is 1. The Kier molecular flexibility index (Phi) is 5.37. The van der Waals surface area contributed by atoms with Crippen LogP contribution in [0.2, 0.25) is 0 Å². The number of ether oxygens (including phenoxy) is 1.